The standard InChI is InChI=1S/C15H11BrN2/c16-13-3-1-2-11(8-13)10-18-14-5-4-12-6-7-17-15(12)9-14/h1-10,17H. The van der Waals surface area contributed by atoms with Gasteiger partial charge in [0, 0.05) is 22.4 Å². The third kappa shape index (κ3) is 2.36. The lowest BCUT2D eigenvalue weighted by Crippen LogP contribution is -1.79. The molecule has 1 heterocycles. The van der Waals surface area contributed by atoms with Crippen LogP contribution in [0.3, 0.4) is 0 Å². The Morgan fingerprint density at radius 3 is 2.89 bits per heavy atom. The van der Waals surface area contributed by atoms with Gasteiger partial charge >= 0.3 is 0 Å². The average Bonchev–Trinajstić information content (AvgIpc) is 2.84. The van der Waals surface area contributed by atoms with Crippen LogP contribution in [0.2, 0.25) is 0 Å². The molecule has 0 aliphatic rings. The molecule has 0 aliphatic heterocycles. The van der Waals surface area contributed by atoms with E-state index >= 15 is 0 Å². The summed E-state index contributed by atoms with van der Waals surface area (Å²) in [6, 6.07) is 16.3. The van der Waals surface area contributed by atoms with Crippen molar-refractivity contribution in [2.75, 3.05) is 0 Å². The van der Waals surface area contributed by atoms with Crippen molar-refractivity contribution < 1.29 is 0 Å². The van der Waals surface area contributed by atoms with E-state index in [1.165, 1.54) is 5.39 Å². The summed E-state index contributed by atoms with van der Waals surface area (Å²) in [7, 11) is 0. The largest absolute Gasteiger partial charge is 0.361 e. The fourth-order valence-corrected chi connectivity index (χ4v) is 2.27. The van der Waals surface area contributed by atoms with Gasteiger partial charge in [-0.15, -0.1) is 0 Å². The van der Waals surface area contributed by atoms with Gasteiger partial charge in [0.05, 0.1) is 5.69 Å². The van der Waals surface area contributed by atoms with Crippen LogP contribution in [0.25, 0.3) is 10.9 Å². The van der Waals surface area contributed by atoms with Gasteiger partial charge in [0.25, 0.3) is 0 Å². The second-order valence-electron chi connectivity index (χ2n) is 4.06. The van der Waals surface area contributed by atoms with Gasteiger partial charge in [-0.2, -0.15) is 0 Å². The number of hydrogen-bond acceptors (Lipinski definition) is 1. The first-order chi connectivity index (χ1) is 8.81. The van der Waals surface area contributed by atoms with Crippen LogP contribution in [0.1, 0.15) is 5.56 Å². The molecule has 0 saturated heterocycles. The Morgan fingerprint density at radius 2 is 2.00 bits per heavy atom. The third-order valence-electron chi connectivity index (χ3n) is 2.75. The normalized spacial score (nSPS) is 11.4. The minimum absolute atomic E-state index is 0.949. The molecule has 0 amide bonds. The minimum Gasteiger partial charge on any atom is -0.361 e. The first-order valence-corrected chi connectivity index (χ1v) is 6.47. The number of halogens is 1. The van der Waals surface area contributed by atoms with Crippen LogP contribution in [0.15, 0.2) is 64.2 Å². The number of H-pyrrole nitrogens is 1. The number of nitrogens with zero attached hydrogens (tertiary/aromatic N) is 1. The number of aromatic amines is 1. The van der Waals surface area contributed by atoms with Crippen molar-refractivity contribution in [2.24, 2.45) is 4.99 Å². The summed E-state index contributed by atoms with van der Waals surface area (Å²) in [5.74, 6) is 0. The van der Waals surface area contributed by atoms with Crippen LogP contribution in [-0.2, 0) is 0 Å². The molecular weight excluding hydrogens is 288 g/mol. The van der Waals surface area contributed by atoms with Crippen molar-refractivity contribution in [2.45, 2.75) is 0 Å². The van der Waals surface area contributed by atoms with Crippen LogP contribution in [0.5, 0.6) is 0 Å². The number of hydrogen-bond donors (Lipinski definition) is 1. The molecule has 0 atom stereocenters. The molecule has 0 saturated carbocycles. The minimum atomic E-state index is 0.949. The number of benzene rings is 2. The number of nitrogens with one attached hydrogen (secondary N) is 1. The Bertz CT molecular complexity index is 713. The Kier molecular flexibility index (Phi) is 2.99. The summed E-state index contributed by atoms with van der Waals surface area (Å²) < 4.78 is 1.06. The highest BCUT2D eigenvalue weighted by Gasteiger charge is 1.95. The van der Waals surface area contributed by atoms with Crippen LogP contribution >= 0.6 is 15.9 Å². The van der Waals surface area contributed by atoms with Gasteiger partial charge in [-0.1, -0.05) is 34.1 Å². The molecule has 3 heteroatoms. The molecule has 88 valence electrons. The maximum Gasteiger partial charge on any atom is 0.0650 e. The summed E-state index contributed by atoms with van der Waals surface area (Å²) in [6.07, 6.45) is 3.81. The van der Waals surface area contributed by atoms with Crippen LogP contribution in [-0.4, -0.2) is 11.2 Å². The van der Waals surface area contributed by atoms with E-state index in [2.05, 4.69) is 38.0 Å². The molecule has 0 unspecified atom stereocenters. The van der Waals surface area contributed by atoms with E-state index in [-0.39, 0.29) is 0 Å². The van der Waals surface area contributed by atoms with Crippen LogP contribution < -0.4 is 0 Å². The summed E-state index contributed by atoms with van der Waals surface area (Å²) in [5.41, 5.74) is 3.14. The molecule has 3 rings (SSSR count). The van der Waals surface area contributed by atoms with Gasteiger partial charge in [-0.3, -0.25) is 4.99 Å². The zero-order valence-electron chi connectivity index (χ0n) is 9.60. The highest BCUT2D eigenvalue weighted by atomic mass is 79.9. The first kappa shape index (κ1) is 11.2. The molecular formula is C15H11BrN2. The molecule has 0 fully saturated rings. The smallest absolute Gasteiger partial charge is 0.0650 e. The Balaban J connectivity index is 1.91. The van der Waals surface area contributed by atoms with Crippen molar-refractivity contribution >= 4 is 38.7 Å². The molecule has 0 radical (unpaired) electrons. The van der Waals surface area contributed by atoms with E-state index in [9.17, 15) is 0 Å². The van der Waals surface area contributed by atoms with Gasteiger partial charge in [0.15, 0.2) is 0 Å². The zero-order valence-corrected chi connectivity index (χ0v) is 11.2. The van der Waals surface area contributed by atoms with Crippen LogP contribution in [0.4, 0.5) is 5.69 Å². The van der Waals surface area contributed by atoms with Gasteiger partial charge in [-0.25, -0.2) is 0 Å². The van der Waals surface area contributed by atoms with Crippen molar-refractivity contribution in [3.05, 3.63) is 64.8 Å². The van der Waals surface area contributed by atoms with E-state index < -0.39 is 0 Å². The summed E-state index contributed by atoms with van der Waals surface area (Å²) in [5, 5.41) is 1.21. The number of aromatic nitrogens is 1. The number of aliphatic imine (C=N–C) groups is 1. The highest BCUT2D eigenvalue weighted by molar-refractivity contribution is 9.10. The lowest BCUT2D eigenvalue weighted by molar-refractivity contribution is 1.46. The average molecular weight is 299 g/mol. The summed E-state index contributed by atoms with van der Waals surface area (Å²) in [4.78, 5) is 7.67. The Morgan fingerprint density at radius 1 is 1.06 bits per heavy atom. The van der Waals surface area contributed by atoms with Gasteiger partial charge < -0.3 is 4.98 Å². The van der Waals surface area contributed by atoms with E-state index in [0.29, 0.717) is 0 Å². The fourth-order valence-electron chi connectivity index (χ4n) is 1.85. The molecule has 1 aromatic heterocycles. The second kappa shape index (κ2) is 4.78. The topological polar surface area (TPSA) is 28.1 Å². The Hall–Kier alpha value is -1.87. The molecule has 3 aromatic rings. The Labute approximate surface area is 114 Å². The van der Waals surface area contributed by atoms with E-state index in [1.54, 1.807) is 0 Å². The second-order valence-corrected chi connectivity index (χ2v) is 4.98. The predicted molar refractivity (Wildman–Crippen MR) is 79.7 cm³/mol. The fraction of sp³-hybridized carbons (Fsp3) is 0. The monoisotopic (exact) mass is 298 g/mol. The van der Waals surface area contributed by atoms with Crippen LogP contribution in [0, 0.1) is 0 Å². The van der Waals surface area contributed by atoms with Gasteiger partial charge in [0.2, 0.25) is 0 Å². The lowest BCUT2D eigenvalue weighted by Gasteiger charge is -1.96. The third-order valence-corrected chi connectivity index (χ3v) is 3.24. The first-order valence-electron chi connectivity index (χ1n) is 5.68. The predicted octanol–water partition coefficient (Wildman–Crippen LogP) is 4.68. The van der Waals surface area contributed by atoms with E-state index in [4.69, 9.17) is 0 Å². The highest BCUT2D eigenvalue weighted by Crippen LogP contribution is 2.20. The van der Waals surface area contributed by atoms with Gasteiger partial charge in [-0.05, 0) is 41.3 Å². The lowest BCUT2D eigenvalue weighted by atomic mass is 10.2. The van der Waals surface area contributed by atoms with E-state index in [0.717, 1.165) is 21.2 Å². The molecule has 1 N–H and O–H groups in total. The van der Waals surface area contributed by atoms with Crippen molar-refractivity contribution in [3.8, 4) is 0 Å². The molecule has 2 aromatic carbocycles. The molecule has 0 bridgehead atoms. The molecule has 18 heavy (non-hydrogen) atoms. The molecule has 2 nitrogen and oxygen atoms in total. The molecule has 0 spiro atoms. The SMILES string of the molecule is Brc1cccc(C=Nc2ccc3cc[nH]c3c2)c1. The van der Waals surface area contributed by atoms with E-state index in [1.807, 2.05) is 48.8 Å². The maximum atomic E-state index is 4.48. The summed E-state index contributed by atoms with van der Waals surface area (Å²) in [6.45, 7) is 0. The number of fused-ring (bicyclic) bond motifs is 1. The van der Waals surface area contributed by atoms with Gasteiger partial charge in [0.1, 0.15) is 0 Å². The van der Waals surface area contributed by atoms with Crippen molar-refractivity contribution in [3.63, 3.8) is 0 Å². The molecule has 0 aliphatic carbocycles. The van der Waals surface area contributed by atoms with Crippen molar-refractivity contribution in [1.82, 2.24) is 4.98 Å². The maximum absolute atomic E-state index is 4.48. The number of rotatable bonds is 2. The zero-order chi connectivity index (χ0) is 12.4. The quantitative estimate of drug-likeness (QED) is 0.665. The van der Waals surface area contributed by atoms with Crippen molar-refractivity contribution in [1.29, 1.82) is 0 Å². The summed E-state index contributed by atoms with van der Waals surface area (Å²) >= 11 is 3.45.